The Morgan fingerprint density at radius 1 is 1.50 bits per heavy atom. The molecule has 0 unspecified atom stereocenters. The summed E-state index contributed by atoms with van der Waals surface area (Å²) in [6, 6.07) is 0. The molecule has 20 heavy (non-hydrogen) atoms. The fourth-order valence-electron chi connectivity index (χ4n) is 1.73. The van der Waals surface area contributed by atoms with E-state index in [1.807, 2.05) is 6.92 Å². The first kappa shape index (κ1) is 14.9. The second kappa shape index (κ2) is 5.49. The molecule has 0 radical (unpaired) electrons. The van der Waals surface area contributed by atoms with E-state index in [1.54, 1.807) is 7.11 Å². The molecule has 0 saturated heterocycles. The molecule has 0 saturated carbocycles. The number of hydrogen-bond donors (Lipinski definition) is 2. The standard InChI is InChI=1S/C12H13ClF3N3O/c1-6(20-2)3-17-8-5-19-11-9(8)10(13)7(4-18-11)12(14,15)16/h4-6,17H,3H2,1-2H3,(H,18,19)/t6-/m1/s1. The number of nitrogens with zero attached hydrogens (tertiary/aromatic N) is 1. The van der Waals surface area contributed by atoms with Gasteiger partial charge < -0.3 is 15.0 Å². The average Bonchev–Trinajstić information content (AvgIpc) is 2.78. The van der Waals surface area contributed by atoms with E-state index in [0.717, 1.165) is 6.20 Å². The minimum atomic E-state index is -4.54. The first-order chi connectivity index (χ1) is 9.34. The van der Waals surface area contributed by atoms with Gasteiger partial charge in [-0.15, -0.1) is 0 Å². The van der Waals surface area contributed by atoms with Crippen LogP contribution in [0.3, 0.4) is 0 Å². The molecule has 0 spiro atoms. The summed E-state index contributed by atoms with van der Waals surface area (Å²) in [5, 5.41) is 2.85. The SMILES string of the molecule is CO[C@H](C)CNc1c[nH]c2ncc(C(F)(F)F)c(Cl)c12. The molecule has 0 aliphatic heterocycles. The number of H-pyrrole nitrogens is 1. The van der Waals surface area contributed by atoms with Crippen molar-refractivity contribution in [1.82, 2.24) is 9.97 Å². The van der Waals surface area contributed by atoms with Crippen LogP contribution in [0.5, 0.6) is 0 Å². The van der Waals surface area contributed by atoms with Gasteiger partial charge in [0.15, 0.2) is 0 Å². The Morgan fingerprint density at radius 2 is 2.20 bits per heavy atom. The Balaban J connectivity index is 2.42. The van der Waals surface area contributed by atoms with Gasteiger partial charge in [0, 0.05) is 26.0 Å². The van der Waals surface area contributed by atoms with Crippen LogP contribution in [0.2, 0.25) is 5.02 Å². The Morgan fingerprint density at radius 3 is 2.80 bits per heavy atom. The normalized spacial score (nSPS) is 13.7. The predicted molar refractivity (Wildman–Crippen MR) is 71.1 cm³/mol. The zero-order chi connectivity index (χ0) is 14.9. The van der Waals surface area contributed by atoms with Gasteiger partial charge in [0.1, 0.15) is 5.65 Å². The van der Waals surface area contributed by atoms with Crippen molar-refractivity contribution in [2.75, 3.05) is 19.0 Å². The van der Waals surface area contributed by atoms with Crippen molar-refractivity contribution >= 4 is 28.3 Å². The maximum absolute atomic E-state index is 12.8. The van der Waals surface area contributed by atoms with Crippen LogP contribution in [-0.4, -0.2) is 29.7 Å². The highest BCUT2D eigenvalue weighted by Crippen LogP contribution is 2.39. The van der Waals surface area contributed by atoms with Crippen molar-refractivity contribution in [2.24, 2.45) is 0 Å². The smallest absolute Gasteiger partial charge is 0.381 e. The summed E-state index contributed by atoms with van der Waals surface area (Å²) in [6.07, 6.45) is -2.36. The number of rotatable bonds is 4. The van der Waals surface area contributed by atoms with Crippen molar-refractivity contribution < 1.29 is 17.9 Å². The maximum Gasteiger partial charge on any atom is 0.419 e. The molecule has 2 aromatic rings. The van der Waals surface area contributed by atoms with E-state index < -0.39 is 11.7 Å². The number of halogens is 4. The van der Waals surface area contributed by atoms with Crippen molar-refractivity contribution in [3.05, 3.63) is 23.0 Å². The largest absolute Gasteiger partial charge is 0.419 e. The molecule has 0 bridgehead atoms. The number of anilines is 1. The lowest BCUT2D eigenvalue weighted by atomic mass is 10.2. The van der Waals surface area contributed by atoms with E-state index >= 15 is 0 Å². The number of aromatic amines is 1. The van der Waals surface area contributed by atoms with Gasteiger partial charge in [-0.25, -0.2) is 4.98 Å². The second-order valence-corrected chi connectivity index (χ2v) is 4.71. The number of nitrogens with one attached hydrogen (secondary N) is 2. The molecular weight excluding hydrogens is 295 g/mol. The van der Waals surface area contributed by atoms with Crippen LogP contribution < -0.4 is 5.32 Å². The Labute approximate surface area is 118 Å². The van der Waals surface area contributed by atoms with Gasteiger partial charge in [-0.2, -0.15) is 13.2 Å². The summed E-state index contributed by atoms with van der Waals surface area (Å²) in [6.45, 7) is 2.28. The number of ether oxygens (including phenoxy) is 1. The van der Waals surface area contributed by atoms with Gasteiger partial charge in [-0.3, -0.25) is 0 Å². The molecule has 8 heteroatoms. The quantitative estimate of drug-likeness (QED) is 0.906. The summed E-state index contributed by atoms with van der Waals surface area (Å²) < 4.78 is 43.5. The van der Waals surface area contributed by atoms with Gasteiger partial charge >= 0.3 is 6.18 Å². The molecule has 0 amide bonds. The molecule has 2 heterocycles. The van der Waals surface area contributed by atoms with Crippen molar-refractivity contribution in [3.63, 3.8) is 0 Å². The van der Waals surface area contributed by atoms with Crippen LogP contribution in [0, 0.1) is 0 Å². The molecule has 1 atom stereocenters. The molecule has 0 aliphatic rings. The number of aromatic nitrogens is 2. The van der Waals surface area contributed by atoms with Crippen LogP contribution in [0.15, 0.2) is 12.4 Å². The number of pyridine rings is 1. The van der Waals surface area contributed by atoms with Crippen molar-refractivity contribution in [1.29, 1.82) is 0 Å². The lowest BCUT2D eigenvalue weighted by Crippen LogP contribution is -2.18. The highest BCUT2D eigenvalue weighted by Gasteiger charge is 2.35. The molecule has 0 aromatic carbocycles. The van der Waals surface area contributed by atoms with E-state index in [9.17, 15) is 13.2 Å². The molecule has 2 aromatic heterocycles. The van der Waals surface area contributed by atoms with Gasteiger partial charge in [0.25, 0.3) is 0 Å². The first-order valence-electron chi connectivity index (χ1n) is 5.84. The van der Waals surface area contributed by atoms with E-state index in [-0.39, 0.29) is 16.5 Å². The Bertz CT molecular complexity index is 612. The zero-order valence-corrected chi connectivity index (χ0v) is 11.6. The zero-order valence-electron chi connectivity index (χ0n) is 10.8. The summed E-state index contributed by atoms with van der Waals surface area (Å²) in [5.74, 6) is 0. The topological polar surface area (TPSA) is 49.9 Å². The predicted octanol–water partition coefficient (Wildman–Crippen LogP) is 3.68. The van der Waals surface area contributed by atoms with Crippen LogP contribution in [0.1, 0.15) is 12.5 Å². The van der Waals surface area contributed by atoms with E-state index in [4.69, 9.17) is 16.3 Å². The van der Waals surface area contributed by atoms with Gasteiger partial charge in [0.2, 0.25) is 0 Å². The van der Waals surface area contributed by atoms with Gasteiger partial charge in [-0.05, 0) is 6.92 Å². The lowest BCUT2D eigenvalue weighted by Gasteiger charge is -2.12. The fraction of sp³-hybridized carbons (Fsp3) is 0.417. The third-order valence-electron chi connectivity index (χ3n) is 2.93. The summed E-state index contributed by atoms with van der Waals surface area (Å²) in [4.78, 5) is 6.53. The van der Waals surface area contributed by atoms with Gasteiger partial charge in [0.05, 0.1) is 27.8 Å². The van der Waals surface area contributed by atoms with E-state index in [0.29, 0.717) is 17.9 Å². The monoisotopic (exact) mass is 307 g/mol. The van der Waals surface area contributed by atoms with Gasteiger partial charge in [-0.1, -0.05) is 11.6 Å². The highest BCUT2D eigenvalue weighted by atomic mass is 35.5. The highest BCUT2D eigenvalue weighted by molar-refractivity contribution is 6.37. The van der Waals surface area contributed by atoms with E-state index in [1.165, 1.54) is 6.20 Å². The van der Waals surface area contributed by atoms with Crippen molar-refractivity contribution in [2.45, 2.75) is 19.2 Å². The van der Waals surface area contributed by atoms with Crippen molar-refractivity contribution in [3.8, 4) is 0 Å². The maximum atomic E-state index is 12.8. The van der Waals surface area contributed by atoms with Crippen LogP contribution in [0.25, 0.3) is 11.0 Å². The second-order valence-electron chi connectivity index (χ2n) is 4.34. The van der Waals surface area contributed by atoms with E-state index in [2.05, 4.69) is 15.3 Å². The Hall–Kier alpha value is -1.47. The summed E-state index contributed by atoms with van der Waals surface area (Å²) in [7, 11) is 1.55. The third kappa shape index (κ3) is 2.83. The number of fused-ring (bicyclic) bond motifs is 1. The average molecular weight is 308 g/mol. The summed E-state index contributed by atoms with van der Waals surface area (Å²) >= 11 is 5.87. The minimum Gasteiger partial charge on any atom is -0.381 e. The fourth-order valence-corrected chi connectivity index (χ4v) is 2.08. The molecule has 0 aliphatic carbocycles. The molecule has 0 fully saturated rings. The minimum absolute atomic E-state index is 0.0857. The van der Waals surface area contributed by atoms with Crippen LogP contribution in [0.4, 0.5) is 18.9 Å². The third-order valence-corrected chi connectivity index (χ3v) is 3.32. The lowest BCUT2D eigenvalue weighted by molar-refractivity contribution is -0.137. The van der Waals surface area contributed by atoms with Crippen LogP contribution >= 0.6 is 11.6 Å². The number of hydrogen-bond acceptors (Lipinski definition) is 3. The molecule has 110 valence electrons. The molecule has 2 rings (SSSR count). The molecule has 4 nitrogen and oxygen atoms in total. The van der Waals surface area contributed by atoms with Crippen LogP contribution in [-0.2, 0) is 10.9 Å². The molecular formula is C12H13ClF3N3O. The number of alkyl halides is 3. The number of methoxy groups -OCH3 is 1. The summed E-state index contributed by atoms with van der Waals surface area (Å²) in [5.41, 5.74) is -0.183. The molecule has 2 N–H and O–H groups in total. The first-order valence-corrected chi connectivity index (χ1v) is 6.21. The Kier molecular flexibility index (Phi) is 4.10.